The molecule has 0 aliphatic carbocycles. The van der Waals surface area contributed by atoms with Gasteiger partial charge in [0.15, 0.2) is 5.43 Å². The van der Waals surface area contributed by atoms with Crippen molar-refractivity contribution in [3.63, 3.8) is 0 Å². The van der Waals surface area contributed by atoms with Crippen LogP contribution in [0.2, 0.25) is 0 Å². The maximum Gasteiger partial charge on any atom is 0.293 e. The van der Waals surface area contributed by atoms with Crippen molar-refractivity contribution in [2.45, 2.75) is 6.54 Å². The predicted molar refractivity (Wildman–Crippen MR) is 169 cm³/mol. The molecule has 11 heteroatoms. The molecule has 0 bridgehead atoms. The molecule has 1 aliphatic heterocycles. The summed E-state index contributed by atoms with van der Waals surface area (Å²) in [6.07, 6.45) is 1.35. The Balaban J connectivity index is 1.14. The molecule has 0 saturated carbocycles. The van der Waals surface area contributed by atoms with E-state index in [1.807, 2.05) is 35.2 Å². The Morgan fingerprint density at radius 1 is 0.841 bits per heavy atom. The van der Waals surface area contributed by atoms with Crippen molar-refractivity contribution >= 4 is 51.2 Å². The Bertz CT molecular complexity index is 1920. The Kier molecular flexibility index (Phi) is 7.83. The zero-order valence-corrected chi connectivity index (χ0v) is 23.6. The minimum Gasteiger partial charge on any atom is -0.362 e. The minimum atomic E-state index is -0.445. The molecule has 1 fully saturated rings. The molecular formula is C33H28N6O5. The molecule has 220 valence electrons. The number of benzene rings is 4. The number of rotatable bonds is 7. The van der Waals surface area contributed by atoms with Crippen LogP contribution in [-0.4, -0.2) is 58.6 Å². The van der Waals surface area contributed by atoms with Gasteiger partial charge in [-0.05, 0) is 42.5 Å². The van der Waals surface area contributed by atoms with Crippen molar-refractivity contribution in [1.82, 2.24) is 14.9 Å². The molecule has 0 radical (unpaired) electrons. The maximum atomic E-state index is 12.9. The van der Waals surface area contributed by atoms with E-state index in [2.05, 4.69) is 10.5 Å². The van der Waals surface area contributed by atoms with Gasteiger partial charge < -0.3 is 14.4 Å². The van der Waals surface area contributed by atoms with Gasteiger partial charge in [0.05, 0.1) is 22.2 Å². The summed E-state index contributed by atoms with van der Waals surface area (Å²) in [5.74, 6) is -0.482. The number of anilines is 1. The lowest BCUT2D eigenvalue weighted by molar-refractivity contribution is -0.384. The lowest BCUT2D eigenvalue weighted by Gasteiger charge is -2.35. The van der Waals surface area contributed by atoms with Crippen molar-refractivity contribution < 1.29 is 14.5 Å². The van der Waals surface area contributed by atoms with Gasteiger partial charge in [0.1, 0.15) is 12.2 Å². The number of aromatic nitrogens is 1. The minimum absolute atomic E-state index is 0.0597. The highest BCUT2D eigenvalue weighted by Crippen LogP contribution is 2.30. The van der Waals surface area contributed by atoms with Crippen molar-refractivity contribution in [3.05, 3.63) is 129 Å². The van der Waals surface area contributed by atoms with Gasteiger partial charge in [-0.2, -0.15) is 5.10 Å². The predicted octanol–water partition coefficient (Wildman–Crippen LogP) is 4.18. The molecule has 4 aromatic carbocycles. The van der Waals surface area contributed by atoms with Crippen LogP contribution >= 0.6 is 0 Å². The average Bonchev–Trinajstić information content (AvgIpc) is 3.07. The van der Waals surface area contributed by atoms with E-state index in [0.717, 1.165) is 0 Å². The number of para-hydroxylation sites is 2. The van der Waals surface area contributed by atoms with Gasteiger partial charge >= 0.3 is 0 Å². The Morgan fingerprint density at radius 2 is 1.45 bits per heavy atom. The number of fused-ring (bicyclic) bond motifs is 2. The van der Waals surface area contributed by atoms with Crippen molar-refractivity contribution in [3.8, 4) is 0 Å². The number of hydrazone groups is 1. The molecule has 6 rings (SSSR count). The molecule has 1 saturated heterocycles. The lowest BCUT2D eigenvalue weighted by atomic mass is 10.1. The fraction of sp³-hybridized carbons (Fsp3) is 0.152. The van der Waals surface area contributed by atoms with Crippen molar-refractivity contribution in [2.75, 3.05) is 31.1 Å². The second-order valence-corrected chi connectivity index (χ2v) is 10.4. The maximum absolute atomic E-state index is 12.9. The number of nitro groups is 1. The summed E-state index contributed by atoms with van der Waals surface area (Å²) in [6, 6.07) is 28.0. The smallest absolute Gasteiger partial charge is 0.293 e. The molecule has 11 nitrogen and oxygen atoms in total. The van der Waals surface area contributed by atoms with Gasteiger partial charge in [0, 0.05) is 54.1 Å². The number of hydrogen-bond acceptors (Lipinski definition) is 7. The summed E-state index contributed by atoms with van der Waals surface area (Å²) in [6.45, 7) is 1.71. The third-order valence-electron chi connectivity index (χ3n) is 7.71. The topological polar surface area (TPSA) is 130 Å². The van der Waals surface area contributed by atoms with E-state index < -0.39 is 10.8 Å². The van der Waals surface area contributed by atoms with E-state index in [1.165, 1.54) is 12.3 Å². The fourth-order valence-electron chi connectivity index (χ4n) is 5.55. The summed E-state index contributed by atoms with van der Waals surface area (Å²) >= 11 is 0. The third-order valence-corrected chi connectivity index (χ3v) is 7.71. The first-order valence-electron chi connectivity index (χ1n) is 14.1. The molecule has 2 heterocycles. The summed E-state index contributed by atoms with van der Waals surface area (Å²) in [5, 5.41) is 17.0. The van der Waals surface area contributed by atoms with E-state index in [0.29, 0.717) is 64.8 Å². The molecule has 0 spiro atoms. The van der Waals surface area contributed by atoms with E-state index in [-0.39, 0.29) is 23.6 Å². The number of carbonyl (C=O) groups excluding carboxylic acids is 2. The van der Waals surface area contributed by atoms with Crippen LogP contribution in [0.15, 0.2) is 107 Å². The number of nitrogens with one attached hydrogen (secondary N) is 1. The number of pyridine rings is 1. The molecule has 0 atom stereocenters. The van der Waals surface area contributed by atoms with E-state index in [4.69, 9.17) is 0 Å². The van der Waals surface area contributed by atoms with Gasteiger partial charge in [-0.1, -0.05) is 48.5 Å². The van der Waals surface area contributed by atoms with E-state index >= 15 is 0 Å². The number of carbonyl (C=O) groups is 2. The lowest BCUT2D eigenvalue weighted by Crippen LogP contribution is -2.49. The quantitative estimate of drug-likeness (QED) is 0.131. The molecule has 0 unspecified atom stereocenters. The van der Waals surface area contributed by atoms with E-state index in [1.54, 1.807) is 70.1 Å². The summed E-state index contributed by atoms with van der Waals surface area (Å²) in [5.41, 5.74) is 5.08. The molecule has 1 aliphatic rings. The summed E-state index contributed by atoms with van der Waals surface area (Å²) in [7, 11) is 0. The van der Waals surface area contributed by atoms with Crippen LogP contribution in [0.25, 0.3) is 21.8 Å². The molecule has 1 aromatic heterocycles. The zero-order valence-electron chi connectivity index (χ0n) is 23.6. The first kappa shape index (κ1) is 28.3. The third kappa shape index (κ3) is 5.62. The molecule has 1 N–H and O–H groups in total. The van der Waals surface area contributed by atoms with Crippen LogP contribution in [0.5, 0.6) is 0 Å². The number of piperazine rings is 1. The molecule has 2 amide bonds. The van der Waals surface area contributed by atoms with Gasteiger partial charge in [0.2, 0.25) is 0 Å². The Labute approximate surface area is 251 Å². The highest BCUT2D eigenvalue weighted by atomic mass is 16.6. The van der Waals surface area contributed by atoms with Gasteiger partial charge in [-0.3, -0.25) is 24.5 Å². The largest absolute Gasteiger partial charge is 0.362 e. The van der Waals surface area contributed by atoms with Crippen LogP contribution in [0.1, 0.15) is 15.9 Å². The monoisotopic (exact) mass is 588 g/mol. The van der Waals surface area contributed by atoms with Crippen LogP contribution in [-0.2, 0) is 11.3 Å². The second-order valence-electron chi connectivity index (χ2n) is 10.4. The van der Waals surface area contributed by atoms with Crippen LogP contribution < -0.4 is 15.8 Å². The van der Waals surface area contributed by atoms with Crippen LogP contribution in [0.3, 0.4) is 0 Å². The molecular weight excluding hydrogens is 560 g/mol. The first-order valence-corrected chi connectivity index (χ1v) is 14.1. The summed E-state index contributed by atoms with van der Waals surface area (Å²) in [4.78, 5) is 53.8. The first-order chi connectivity index (χ1) is 21.4. The van der Waals surface area contributed by atoms with Gasteiger partial charge in [-0.25, -0.2) is 5.43 Å². The number of nitrogens with zero attached hydrogens (tertiary/aromatic N) is 5. The average molecular weight is 589 g/mol. The van der Waals surface area contributed by atoms with Crippen molar-refractivity contribution in [2.24, 2.45) is 5.10 Å². The van der Waals surface area contributed by atoms with E-state index in [9.17, 15) is 24.5 Å². The van der Waals surface area contributed by atoms with Gasteiger partial charge in [-0.15, -0.1) is 0 Å². The van der Waals surface area contributed by atoms with Gasteiger partial charge in [0.25, 0.3) is 17.5 Å². The number of hydrogen-bond donors (Lipinski definition) is 1. The second kappa shape index (κ2) is 12.2. The highest BCUT2D eigenvalue weighted by Gasteiger charge is 2.26. The SMILES string of the molecule is O=C(Cn1c2ccccc2c(=O)c2ccccc21)N/N=C/c1ccc(N2CCN(C(=O)c3ccccc3)CC2)c([N+](=O)[O-])c1. The zero-order chi connectivity index (χ0) is 30.6. The van der Waals surface area contributed by atoms with Crippen LogP contribution in [0.4, 0.5) is 11.4 Å². The highest BCUT2D eigenvalue weighted by molar-refractivity contribution is 5.95. The molecule has 44 heavy (non-hydrogen) atoms. The number of amides is 2. The summed E-state index contributed by atoms with van der Waals surface area (Å²) < 4.78 is 1.77. The normalized spacial score (nSPS) is 13.5. The van der Waals surface area contributed by atoms with Crippen molar-refractivity contribution in [1.29, 1.82) is 0 Å². The fourth-order valence-corrected chi connectivity index (χ4v) is 5.55. The Morgan fingerprint density at radius 3 is 2.09 bits per heavy atom. The standard InChI is InChI=1S/C33H28N6O5/c40-31(22-38-27-12-6-4-10-25(27)32(41)26-11-5-7-13-28(26)38)35-34-21-23-14-15-29(30(20-23)39(43)44)36-16-18-37(19-17-36)33(42)24-8-2-1-3-9-24/h1-15,20-21H,16-19,22H2,(H,35,40)/b34-21+. The number of nitro benzene ring substituents is 1. The Hall–Kier alpha value is -5.84. The van der Waals surface area contributed by atoms with Crippen LogP contribution in [0, 0.1) is 10.1 Å². The molecule has 5 aromatic rings.